The highest BCUT2D eigenvalue weighted by Gasteiger charge is 2.16. The van der Waals surface area contributed by atoms with Crippen molar-refractivity contribution < 1.29 is 0 Å². The van der Waals surface area contributed by atoms with Crippen LogP contribution in [0.15, 0.2) is 23.3 Å². The molecule has 1 aliphatic heterocycles. The largest absolute Gasteiger partial charge is 0.357 e. The number of aliphatic imine (C=N–C) groups is 1. The highest BCUT2D eigenvalue weighted by molar-refractivity contribution is 14.0. The van der Waals surface area contributed by atoms with Crippen LogP contribution in [0, 0.1) is 5.92 Å². The molecule has 0 aromatic carbocycles. The number of anilines is 1. The Labute approximate surface area is 182 Å². The molecule has 1 aliphatic rings. The molecule has 1 aromatic heterocycles. The van der Waals surface area contributed by atoms with Crippen LogP contribution in [-0.4, -0.2) is 61.7 Å². The molecule has 1 saturated heterocycles. The van der Waals surface area contributed by atoms with E-state index in [0.717, 1.165) is 69.6 Å². The Hall–Kier alpha value is -1.09. The summed E-state index contributed by atoms with van der Waals surface area (Å²) in [5, 5.41) is 6.71. The second-order valence-corrected chi connectivity index (χ2v) is 7.25. The lowest BCUT2D eigenvalue weighted by molar-refractivity contribution is 0.270. The summed E-state index contributed by atoms with van der Waals surface area (Å²) in [6.45, 7) is 16.8. The maximum absolute atomic E-state index is 4.68. The first-order valence-corrected chi connectivity index (χ1v) is 10.1. The molecule has 0 atom stereocenters. The fourth-order valence-corrected chi connectivity index (χ4v) is 2.98. The van der Waals surface area contributed by atoms with Crippen molar-refractivity contribution in [3.8, 4) is 0 Å². The highest BCUT2D eigenvalue weighted by atomic mass is 127. The van der Waals surface area contributed by atoms with E-state index in [1.807, 2.05) is 6.20 Å². The predicted molar refractivity (Wildman–Crippen MR) is 126 cm³/mol. The summed E-state index contributed by atoms with van der Waals surface area (Å²) in [5.41, 5.74) is 1.14. The standard InChI is InChI=1S/C20H36N6.HI/c1-5-21-20(22-10-9-17(3)4)24-16-18-7-8-19(23-15-18)26-13-11-25(6-2)12-14-26;/h7-8,15,17H,5-6,9-14,16H2,1-4H3,(H2,21,22,24);1H. The van der Waals surface area contributed by atoms with Gasteiger partial charge in [0.25, 0.3) is 0 Å². The lowest BCUT2D eigenvalue weighted by Gasteiger charge is -2.34. The van der Waals surface area contributed by atoms with Crippen LogP contribution in [0.2, 0.25) is 0 Å². The molecule has 27 heavy (non-hydrogen) atoms. The number of halogens is 1. The predicted octanol–water partition coefficient (Wildman–Crippen LogP) is 2.94. The minimum atomic E-state index is 0. The summed E-state index contributed by atoms with van der Waals surface area (Å²) >= 11 is 0. The molecule has 1 fully saturated rings. The van der Waals surface area contributed by atoms with Gasteiger partial charge in [0.05, 0.1) is 6.54 Å². The minimum Gasteiger partial charge on any atom is -0.357 e. The van der Waals surface area contributed by atoms with Crippen molar-refractivity contribution in [3.63, 3.8) is 0 Å². The topological polar surface area (TPSA) is 55.8 Å². The van der Waals surface area contributed by atoms with Crippen LogP contribution in [0.4, 0.5) is 5.82 Å². The molecule has 154 valence electrons. The number of pyridine rings is 1. The molecule has 0 aliphatic carbocycles. The van der Waals surface area contributed by atoms with E-state index >= 15 is 0 Å². The van der Waals surface area contributed by atoms with Gasteiger partial charge in [-0.05, 0) is 37.4 Å². The maximum atomic E-state index is 4.68. The van der Waals surface area contributed by atoms with E-state index in [4.69, 9.17) is 0 Å². The first-order valence-electron chi connectivity index (χ1n) is 10.1. The number of aromatic nitrogens is 1. The third kappa shape index (κ3) is 8.64. The van der Waals surface area contributed by atoms with Crippen molar-refractivity contribution in [2.75, 3.05) is 50.7 Å². The first kappa shape index (κ1) is 23.9. The molecule has 2 heterocycles. The summed E-state index contributed by atoms with van der Waals surface area (Å²) in [6.07, 6.45) is 3.11. The van der Waals surface area contributed by atoms with Gasteiger partial charge in [-0.3, -0.25) is 0 Å². The van der Waals surface area contributed by atoms with Crippen molar-refractivity contribution in [1.82, 2.24) is 20.5 Å². The molecule has 0 spiro atoms. The van der Waals surface area contributed by atoms with E-state index < -0.39 is 0 Å². The number of rotatable bonds is 8. The van der Waals surface area contributed by atoms with Crippen molar-refractivity contribution in [3.05, 3.63) is 23.9 Å². The van der Waals surface area contributed by atoms with Gasteiger partial charge in [0.1, 0.15) is 5.82 Å². The second-order valence-electron chi connectivity index (χ2n) is 7.25. The fourth-order valence-electron chi connectivity index (χ4n) is 2.98. The van der Waals surface area contributed by atoms with Gasteiger partial charge in [0.15, 0.2) is 5.96 Å². The number of hydrogen-bond donors (Lipinski definition) is 2. The number of piperazine rings is 1. The summed E-state index contributed by atoms with van der Waals surface area (Å²) < 4.78 is 0. The lowest BCUT2D eigenvalue weighted by Crippen LogP contribution is -2.46. The van der Waals surface area contributed by atoms with E-state index in [0.29, 0.717) is 12.5 Å². The number of nitrogens with zero attached hydrogens (tertiary/aromatic N) is 4. The number of nitrogens with one attached hydrogen (secondary N) is 2. The Morgan fingerprint density at radius 1 is 1.15 bits per heavy atom. The third-order valence-corrected chi connectivity index (χ3v) is 4.73. The number of hydrogen-bond acceptors (Lipinski definition) is 4. The van der Waals surface area contributed by atoms with Crippen molar-refractivity contribution >= 4 is 35.8 Å². The fraction of sp³-hybridized carbons (Fsp3) is 0.700. The third-order valence-electron chi connectivity index (χ3n) is 4.73. The molecular formula is C20H37IN6. The Bertz CT molecular complexity index is 538. The smallest absolute Gasteiger partial charge is 0.191 e. The van der Waals surface area contributed by atoms with Gasteiger partial charge in [0, 0.05) is 45.5 Å². The van der Waals surface area contributed by atoms with Gasteiger partial charge in [0.2, 0.25) is 0 Å². The highest BCUT2D eigenvalue weighted by Crippen LogP contribution is 2.14. The molecule has 0 bridgehead atoms. The molecule has 0 amide bonds. The van der Waals surface area contributed by atoms with Gasteiger partial charge in [-0.25, -0.2) is 9.98 Å². The van der Waals surface area contributed by atoms with Crippen LogP contribution < -0.4 is 15.5 Å². The van der Waals surface area contributed by atoms with Gasteiger partial charge in [-0.1, -0.05) is 26.8 Å². The molecule has 1 aromatic rings. The molecule has 2 rings (SSSR count). The molecule has 0 radical (unpaired) electrons. The van der Waals surface area contributed by atoms with Gasteiger partial charge < -0.3 is 20.4 Å². The summed E-state index contributed by atoms with van der Waals surface area (Å²) in [7, 11) is 0. The van der Waals surface area contributed by atoms with Gasteiger partial charge in [-0.2, -0.15) is 0 Å². The Morgan fingerprint density at radius 3 is 2.44 bits per heavy atom. The maximum Gasteiger partial charge on any atom is 0.191 e. The molecule has 6 nitrogen and oxygen atoms in total. The minimum absolute atomic E-state index is 0. The monoisotopic (exact) mass is 488 g/mol. The van der Waals surface area contributed by atoms with Crippen LogP contribution in [0.25, 0.3) is 0 Å². The summed E-state index contributed by atoms with van der Waals surface area (Å²) in [6, 6.07) is 4.28. The quantitative estimate of drug-likeness (QED) is 0.335. The molecule has 0 saturated carbocycles. The zero-order chi connectivity index (χ0) is 18.8. The Kier molecular flexibility index (Phi) is 11.7. The van der Waals surface area contributed by atoms with Crippen LogP contribution in [0.5, 0.6) is 0 Å². The van der Waals surface area contributed by atoms with Crippen molar-refractivity contribution in [1.29, 1.82) is 0 Å². The molecular weight excluding hydrogens is 451 g/mol. The van der Waals surface area contributed by atoms with Crippen LogP contribution in [-0.2, 0) is 6.54 Å². The normalized spacial score (nSPS) is 15.6. The molecule has 0 unspecified atom stereocenters. The second kappa shape index (κ2) is 13.1. The van der Waals surface area contributed by atoms with Gasteiger partial charge in [-0.15, -0.1) is 24.0 Å². The van der Waals surface area contributed by atoms with Crippen LogP contribution in [0.3, 0.4) is 0 Å². The number of guanidine groups is 1. The lowest BCUT2D eigenvalue weighted by atomic mass is 10.1. The average Bonchev–Trinajstić information content (AvgIpc) is 2.66. The SMILES string of the molecule is CCNC(=NCc1ccc(N2CCN(CC)CC2)nc1)NCCC(C)C.I. The number of likely N-dealkylation sites (N-methyl/N-ethyl adjacent to an activating group) is 1. The zero-order valence-electron chi connectivity index (χ0n) is 17.4. The van der Waals surface area contributed by atoms with Gasteiger partial charge >= 0.3 is 0 Å². The van der Waals surface area contributed by atoms with Crippen LogP contribution in [0.1, 0.15) is 39.7 Å². The van der Waals surface area contributed by atoms with Crippen LogP contribution >= 0.6 is 24.0 Å². The van der Waals surface area contributed by atoms with E-state index in [1.165, 1.54) is 0 Å². The zero-order valence-corrected chi connectivity index (χ0v) is 19.7. The summed E-state index contributed by atoms with van der Waals surface area (Å²) in [4.78, 5) is 14.2. The molecule has 7 heteroatoms. The van der Waals surface area contributed by atoms with Crippen molar-refractivity contribution in [2.45, 2.75) is 40.7 Å². The first-order chi connectivity index (χ1) is 12.6. The van der Waals surface area contributed by atoms with E-state index in [9.17, 15) is 0 Å². The van der Waals surface area contributed by atoms with E-state index in [1.54, 1.807) is 0 Å². The Balaban J connectivity index is 0.00000364. The van der Waals surface area contributed by atoms with E-state index in [-0.39, 0.29) is 24.0 Å². The van der Waals surface area contributed by atoms with E-state index in [2.05, 4.69) is 70.2 Å². The summed E-state index contributed by atoms with van der Waals surface area (Å²) in [5.74, 6) is 2.66. The average molecular weight is 488 g/mol. The molecule has 2 N–H and O–H groups in total. The van der Waals surface area contributed by atoms with Crippen molar-refractivity contribution in [2.24, 2.45) is 10.9 Å². The Morgan fingerprint density at radius 2 is 1.89 bits per heavy atom.